The van der Waals surface area contributed by atoms with E-state index in [9.17, 15) is 0 Å². The van der Waals surface area contributed by atoms with Crippen molar-refractivity contribution in [1.29, 1.82) is 0 Å². The van der Waals surface area contributed by atoms with E-state index in [0.717, 1.165) is 23.3 Å². The Kier molecular flexibility index (Phi) is 10.1. The van der Waals surface area contributed by atoms with Crippen molar-refractivity contribution < 1.29 is 4.74 Å². The van der Waals surface area contributed by atoms with Crippen LogP contribution in [0.25, 0.3) is 0 Å². The minimum absolute atomic E-state index is 0. The quantitative estimate of drug-likeness (QED) is 0.507. The fourth-order valence-corrected chi connectivity index (χ4v) is 2.80. The molecule has 0 bridgehead atoms. The first kappa shape index (κ1) is 21.0. The van der Waals surface area contributed by atoms with Gasteiger partial charge in [-0.2, -0.15) is 0 Å². The van der Waals surface area contributed by atoms with Crippen LogP contribution in [0.15, 0.2) is 46.9 Å². The maximum Gasteiger partial charge on any atom is 0.124 e. The normalized spacial score (nSPS) is 10.3. The van der Waals surface area contributed by atoms with Crippen LogP contribution in [0.1, 0.15) is 42.9 Å². The van der Waals surface area contributed by atoms with Crippen molar-refractivity contribution in [2.45, 2.75) is 46.3 Å². The van der Waals surface area contributed by atoms with Gasteiger partial charge in [-0.05, 0) is 43.7 Å². The van der Waals surface area contributed by atoms with E-state index in [1.165, 1.54) is 36.0 Å². The van der Waals surface area contributed by atoms with Gasteiger partial charge in [-0.25, -0.2) is 0 Å². The van der Waals surface area contributed by atoms with Crippen LogP contribution in [-0.2, 0) is 13.2 Å². The Hall–Kier alpha value is -1.03. The molecule has 2 rings (SSSR count). The smallest absolute Gasteiger partial charge is 0.124 e. The van der Waals surface area contributed by atoms with Crippen molar-refractivity contribution in [3.8, 4) is 5.75 Å². The second kappa shape index (κ2) is 11.5. The number of rotatable bonds is 9. The van der Waals surface area contributed by atoms with Gasteiger partial charge in [-0.3, -0.25) is 0 Å². The average Bonchev–Trinajstić information content (AvgIpc) is 2.55. The van der Waals surface area contributed by atoms with E-state index in [1.54, 1.807) is 0 Å². The summed E-state index contributed by atoms with van der Waals surface area (Å²) in [7, 11) is 0. The molecule has 2 nitrogen and oxygen atoms in total. The van der Waals surface area contributed by atoms with E-state index in [2.05, 4.69) is 65.4 Å². The summed E-state index contributed by atoms with van der Waals surface area (Å²) in [6.07, 6.45) is 3.76. The molecule has 0 radical (unpaired) electrons. The van der Waals surface area contributed by atoms with Gasteiger partial charge in [0.05, 0.1) is 0 Å². The Morgan fingerprint density at radius 1 is 1.04 bits per heavy atom. The molecule has 0 fully saturated rings. The Labute approximate surface area is 160 Å². The largest absolute Gasteiger partial charge is 0.489 e. The maximum absolute atomic E-state index is 6.04. The van der Waals surface area contributed by atoms with Gasteiger partial charge in [0, 0.05) is 16.6 Å². The van der Waals surface area contributed by atoms with E-state index in [1.807, 2.05) is 12.1 Å². The maximum atomic E-state index is 6.04. The van der Waals surface area contributed by atoms with Gasteiger partial charge in [0.25, 0.3) is 0 Å². The lowest BCUT2D eigenvalue weighted by atomic mass is 10.1. The number of nitrogens with one attached hydrogen (secondary N) is 1. The monoisotopic (exact) mass is 411 g/mol. The minimum atomic E-state index is 0. The summed E-state index contributed by atoms with van der Waals surface area (Å²) in [5, 5.41) is 3.51. The highest BCUT2D eigenvalue weighted by atomic mass is 79.9. The summed E-state index contributed by atoms with van der Waals surface area (Å²) in [5.74, 6) is 0.955. The summed E-state index contributed by atoms with van der Waals surface area (Å²) in [6, 6.07) is 14.7. The van der Waals surface area contributed by atoms with Crippen LogP contribution >= 0.6 is 28.3 Å². The Morgan fingerprint density at radius 3 is 2.50 bits per heavy atom. The van der Waals surface area contributed by atoms with Gasteiger partial charge in [-0.1, -0.05) is 65.5 Å². The van der Waals surface area contributed by atoms with E-state index >= 15 is 0 Å². The lowest BCUT2D eigenvalue weighted by Crippen LogP contribution is -2.15. The Morgan fingerprint density at radius 2 is 1.79 bits per heavy atom. The molecule has 0 heterocycles. The van der Waals surface area contributed by atoms with Gasteiger partial charge in [0.2, 0.25) is 0 Å². The molecule has 0 atom stereocenters. The Bertz CT molecular complexity index is 601. The van der Waals surface area contributed by atoms with Gasteiger partial charge in [0.15, 0.2) is 0 Å². The van der Waals surface area contributed by atoms with Gasteiger partial charge >= 0.3 is 0 Å². The average molecular weight is 413 g/mol. The first-order valence-corrected chi connectivity index (χ1v) is 9.16. The zero-order valence-corrected chi connectivity index (χ0v) is 16.9. The summed E-state index contributed by atoms with van der Waals surface area (Å²) in [4.78, 5) is 0. The third-order valence-electron chi connectivity index (χ3n) is 3.81. The van der Waals surface area contributed by atoms with Crippen LogP contribution in [0.4, 0.5) is 0 Å². The van der Waals surface area contributed by atoms with Crippen LogP contribution in [0.2, 0.25) is 0 Å². The molecular weight excluding hydrogens is 386 g/mol. The van der Waals surface area contributed by atoms with Gasteiger partial charge in [-0.15, -0.1) is 12.4 Å². The fourth-order valence-electron chi connectivity index (χ4n) is 2.40. The second-order valence-electron chi connectivity index (χ2n) is 5.91. The fraction of sp³-hybridized carbons (Fsp3) is 0.400. The molecule has 0 aliphatic carbocycles. The van der Waals surface area contributed by atoms with Crippen LogP contribution in [-0.4, -0.2) is 6.54 Å². The lowest BCUT2D eigenvalue weighted by Gasteiger charge is -2.13. The first-order chi connectivity index (χ1) is 11.2. The van der Waals surface area contributed by atoms with E-state index in [0.29, 0.717) is 6.61 Å². The second-order valence-corrected chi connectivity index (χ2v) is 6.83. The number of hydrogen-bond acceptors (Lipinski definition) is 2. The molecule has 0 amide bonds. The molecule has 0 aromatic heterocycles. The standard InChI is InChI=1S/C20H26BrNO.ClH/c1-3-4-5-12-22-14-18-13-19(21)10-11-20(18)23-15-17-8-6-16(2)7-9-17;/h6-11,13,22H,3-5,12,14-15H2,1-2H3;1H. The van der Waals surface area contributed by atoms with Crippen molar-refractivity contribution >= 4 is 28.3 Å². The number of benzene rings is 2. The molecule has 132 valence electrons. The highest BCUT2D eigenvalue weighted by molar-refractivity contribution is 9.10. The molecular formula is C20H27BrClNO. The van der Waals surface area contributed by atoms with Crippen molar-refractivity contribution in [2.24, 2.45) is 0 Å². The minimum Gasteiger partial charge on any atom is -0.489 e. The predicted molar refractivity (Wildman–Crippen MR) is 108 cm³/mol. The molecule has 0 spiro atoms. The highest BCUT2D eigenvalue weighted by Crippen LogP contribution is 2.24. The molecule has 2 aromatic carbocycles. The zero-order valence-electron chi connectivity index (χ0n) is 14.5. The SMILES string of the molecule is CCCCCNCc1cc(Br)ccc1OCc1ccc(C)cc1.Cl. The van der Waals surface area contributed by atoms with Crippen LogP contribution in [0, 0.1) is 6.92 Å². The molecule has 0 saturated carbocycles. The number of halogens is 2. The van der Waals surface area contributed by atoms with Crippen molar-refractivity contribution in [1.82, 2.24) is 5.32 Å². The van der Waals surface area contributed by atoms with E-state index in [-0.39, 0.29) is 12.4 Å². The van der Waals surface area contributed by atoms with Crippen molar-refractivity contribution in [2.75, 3.05) is 6.54 Å². The first-order valence-electron chi connectivity index (χ1n) is 8.36. The van der Waals surface area contributed by atoms with Gasteiger partial charge < -0.3 is 10.1 Å². The summed E-state index contributed by atoms with van der Waals surface area (Å²) < 4.78 is 7.12. The topological polar surface area (TPSA) is 21.3 Å². The molecule has 2 aromatic rings. The van der Waals surface area contributed by atoms with Crippen LogP contribution in [0.3, 0.4) is 0 Å². The number of ether oxygens (including phenoxy) is 1. The Balaban J connectivity index is 0.00000288. The van der Waals surface area contributed by atoms with E-state index < -0.39 is 0 Å². The predicted octanol–water partition coefficient (Wildman–Crippen LogP) is 6.04. The number of unbranched alkanes of at least 4 members (excludes halogenated alkanes) is 2. The molecule has 0 unspecified atom stereocenters. The third-order valence-corrected chi connectivity index (χ3v) is 4.30. The van der Waals surface area contributed by atoms with Crippen molar-refractivity contribution in [3.63, 3.8) is 0 Å². The van der Waals surface area contributed by atoms with Gasteiger partial charge in [0.1, 0.15) is 12.4 Å². The highest BCUT2D eigenvalue weighted by Gasteiger charge is 2.05. The molecule has 0 saturated heterocycles. The van der Waals surface area contributed by atoms with Crippen LogP contribution in [0.5, 0.6) is 5.75 Å². The van der Waals surface area contributed by atoms with Crippen LogP contribution < -0.4 is 10.1 Å². The summed E-state index contributed by atoms with van der Waals surface area (Å²) in [5.41, 5.74) is 3.66. The molecule has 0 aliphatic heterocycles. The molecule has 1 N–H and O–H groups in total. The number of aryl methyl sites for hydroxylation is 1. The number of hydrogen-bond donors (Lipinski definition) is 1. The molecule has 4 heteroatoms. The zero-order chi connectivity index (χ0) is 16.5. The third kappa shape index (κ3) is 7.25. The summed E-state index contributed by atoms with van der Waals surface area (Å²) >= 11 is 3.55. The molecule has 24 heavy (non-hydrogen) atoms. The van der Waals surface area contributed by atoms with E-state index in [4.69, 9.17) is 4.74 Å². The molecule has 0 aliphatic rings. The summed E-state index contributed by atoms with van der Waals surface area (Å²) in [6.45, 7) is 6.82. The van der Waals surface area contributed by atoms with Crippen molar-refractivity contribution in [3.05, 3.63) is 63.6 Å². The lowest BCUT2D eigenvalue weighted by molar-refractivity contribution is 0.302.